The van der Waals surface area contributed by atoms with Crippen molar-refractivity contribution in [2.45, 2.75) is 19.3 Å². The fourth-order valence-corrected chi connectivity index (χ4v) is 2.31. The summed E-state index contributed by atoms with van der Waals surface area (Å²) in [5.41, 5.74) is 1.42. The van der Waals surface area contributed by atoms with Crippen LogP contribution < -0.4 is 4.90 Å². The van der Waals surface area contributed by atoms with Crippen LogP contribution in [0, 0.1) is 17.2 Å². The Morgan fingerprint density at radius 3 is 3.22 bits per heavy atom. The second-order valence-corrected chi connectivity index (χ2v) is 4.54. The maximum Gasteiger partial charge on any atom is 0.303 e. The van der Waals surface area contributed by atoms with E-state index in [1.807, 2.05) is 12.1 Å². The van der Waals surface area contributed by atoms with Crippen molar-refractivity contribution in [3.63, 3.8) is 0 Å². The number of carbonyl (C=O) groups is 1. The minimum atomic E-state index is -0.732. The minimum Gasteiger partial charge on any atom is -0.481 e. The molecule has 1 atom stereocenters. The van der Waals surface area contributed by atoms with E-state index in [1.54, 1.807) is 12.3 Å². The summed E-state index contributed by atoms with van der Waals surface area (Å²) in [4.78, 5) is 16.7. The second kappa shape index (κ2) is 5.50. The van der Waals surface area contributed by atoms with Crippen LogP contribution >= 0.6 is 0 Å². The Hall–Kier alpha value is -2.09. The number of nitrogens with zero attached hydrogens (tertiary/aromatic N) is 3. The van der Waals surface area contributed by atoms with E-state index >= 15 is 0 Å². The highest BCUT2D eigenvalue weighted by Crippen LogP contribution is 2.26. The summed E-state index contributed by atoms with van der Waals surface area (Å²) in [5, 5.41) is 17.5. The predicted molar refractivity (Wildman–Crippen MR) is 66.1 cm³/mol. The zero-order chi connectivity index (χ0) is 13.0. The van der Waals surface area contributed by atoms with Crippen molar-refractivity contribution in [1.29, 1.82) is 5.26 Å². The van der Waals surface area contributed by atoms with Crippen LogP contribution in [0.2, 0.25) is 0 Å². The van der Waals surface area contributed by atoms with Gasteiger partial charge in [-0.15, -0.1) is 0 Å². The van der Waals surface area contributed by atoms with E-state index in [9.17, 15) is 4.79 Å². The molecule has 0 saturated carbocycles. The summed E-state index contributed by atoms with van der Waals surface area (Å²) in [6.07, 6.45) is 3.61. The van der Waals surface area contributed by atoms with Crippen LogP contribution in [-0.2, 0) is 4.79 Å². The normalized spacial score (nSPS) is 18.6. The molecule has 1 aromatic heterocycles. The van der Waals surface area contributed by atoms with Gasteiger partial charge in [-0.25, -0.2) is 4.98 Å². The molecule has 0 aliphatic carbocycles. The highest BCUT2D eigenvalue weighted by molar-refractivity contribution is 5.66. The molecule has 94 valence electrons. The quantitative estimate of drug-likeness (QED) is 0.872. The average Bonchev–Trinajstić information content (AvgIpc) is 2.85. The molecule has 1 unspecified atom stereocenters. The van der Waals surface area contributed by atoms with Crippen LogP contribution in [0.3, 0.4) is 0 Å². The Kier molecular flexibility index (Phi) is 3.78. The maximum absolute atomic E-state index is 10.5. The Labute approximate surface area is 106 Å². The van der Waals surface area contributed by atoms with Crippen molar-refractivity contribution in [2.75, 3.05) is 18.0 Å². The van der Waals surface area contributed by atoms with Crippen molar-refractivity contribution in [2.24, 2.45) is 5.92 Å². The molecule has 1 saturated heterocycles. The zero-order valence-electron chi connectivity index (χ0n) is 10.0. The van der Waals surface area contributed by atoms with Crippen LogP contribution in [0.25, 0.3) is 0 Å². The molecule has 0 amide bonds. The third-order valence-corrected chi connectivity index (χ3v) is 3.28. The minimum absolute atomic E-state index is 0.234. The molecule has 5 nitrogen and oxygen atoms in total. The van der Waals surface area contributed by atoms with Gasteiger partial charge in [0.05, 0.1) is 0 Å². The molecule has 0 aromatic carbocycles. The number of pyridine rings is 1. The topological polar surface area (TPSA) is 77.2 Å². The Morgan fingerprint density at radius 1 is 1.67 bits per heavy atom. The van der Waals surface area contributed by atoms with Crippen molar-refractivity contribution < 1.29 is 9.90 Å². The number of anilines is 1. The molecule has 1 aliphatic heterocycles. The molecule has 2 rings (SSSR count). The molecule has 0 radical (unpaired) electrons. The molecule has 0 spiro atoms. The third kappa shape index (κ3) is 2.98. The molecule has 1 fully saturated rings. The number of carboxylic acids is 1. The number of carboxylic acid groups (broad SMARTS) is 1. The number of aromatic nitrogens is 1. The lowest BCUT2D eigenvalue weighted by molar-refractivity contribution is -0.137. The maximum atomic E-state index is 10.5. The standard InChI is InChI=1S/C13H15N3O2/c14-8-11-7-12(3-5-15-11)16-6-4-10(9-16)1-2-13(17)18/h3,5,7,10H,1-2,4,6,9H2,(H,17,18). The summed E-state index contributed by atoms with van der Waals surface area (Å²) >= 11 is 0. The van der Waals surface area contributed by atoms with Gasteiger partial charge in [0.15, 0.2) is 0 Å². The van der Waals surface area contributed by atoms with Crippen LogP contribution in [0.1, 0.15) is 25.0 Å². The number of hydrogen-bond donors (Lipinski definition) is 1. The van der Waals surface area contributed by atoms with Gasteiger partial charge < -0.3 is 10.0 Å². The first kappa shape index (κ1) is 12.4. The molecule has 1 aliphatic rings. The first-order chi connectivity index (χ1) is 8.69. The van der Waals surface area contributed by atoms with E-state index in [0.717, 1.165) is 31.6 Å². The van der Waals surface area contributed by atoms with E-state index in [-0.39, 0.29) is 6.42 Å². The highest BCUT2D eigenvalue weighted by Gasteiger charge is 2.23. The first-order valence-electron chi connectivity index (χ1n) is 6.02. The van der Waals surface area contributed by atoms with E-state index in [2.05, 4.69) is 9.88 Å². The van der Waals surface area contributed by atoms with E-state index in [4.69, 9.17) is 10.4 Å². The zero-order valence-corrected chi connectivity index (χ0v) is 10.0. The molecule has 0 bridgehead atoms. The smallest absolute Gasteiger partial charge is 0.303 e. The molecule has 5 heteroatoms. The molecule has 1 N–H and O–H groups in total. The van der Waals surface area contributed by atoms with Crippen molar-refractivity contribution >= 4 is 11.7 Å². The number of hydrogen-bond acceptors (Lipinski definition) is 4. The van der Waals surface area contributed by atoms with Crippen LogP contribution in [0.4, 0.5) is 5.69 Å². The number of nitriles is 1. The van der Waals surface area contributed by atoms with E-state index in [1.165, 1.54) is 0 Å². The Morgan fingerprint density at radius 2 is 2.50 bits per heavy atom. The van der Waals surface area contributed by atoms with Crippen molar-refractivity contribution in [3.05, 3.63) is 24.0 Å². The molecule has 2 heterocycles. The summed E-state index contributed by atoms with van der Waals surface area (Å²) < 4.78 is 0. The molecule has 18 heavy (non-hydrogen) atoms. The average molecular weight is 245 g/mol. The molecular formula is C13H15N3O2. The lowest BCUT2D eigenvalue weighted by Gasteiger charge is -2.18. The van der Waals surface area contributed by atoms with Gasteiger partial charge in [-0.3, -0.25) is 4.79 Å². The van der Waals surface area contributed by atoms with Crippen molar-refractivity contribution in [1.82, 2.24) is 4.98 Å². The van der Waals surface area contributed by atoms with Gasteiger partial charge in [0, 0.05) is 31.4 Å². The highest BCUT2D eigenvalue weighted by atomic mass is 16.4. The molecular weight excluding hydrogens is 230 g/mol. The van der Waals surface area contributed by atoms with Crippen LogP contribution in [0.15, 0.2) is 18.3 Å². The fraction of sp³-hybridized carbons (Fsp3) is 0.462. The molecule has 1 aromatic rings. The Bertz CT molecular complexity index is 481. The summed E-state index contributed by atoms with van der Waals surface area (Å²) in [6.45, 7) is 1.78. The largest absolute Gasteiger partial charge is 0.481 e. The van der Waals surface area contributed by atoms with Gasteiger partial charge in [-0.1, -0.05) is 0 Å². The SMILES string of the molecule is N#Cc1cc(N2CCC(CCC(=O)O)C2)ccn1. The lowest BCUT2D eigenvalue weighted by Crippen LogP contribution is -2.20. The third-order valence-electron chi connectivity index (χ3n) is 3.28. The number of aliphatic carboxylic acids is 1. The van der Waals surface area contributed by atoms with Gasteiger partial charge in [0.1, 0.15) is 11.8 Å². The van der Waals surface area contributed by atoms with Crippen LogP contribution in [-0.4, -0.2) is 29.1 Å². The predicted octanol–water partition coefficient (Wildman–Crippen LogP) is 1.64. The first-order valence-corrected chi connectivity index (χ1v) is 6.02. The fourth-order valence-electron chi connectivity index (χ4n) is 2.31. The summed E-state index contributed by atoms with van der Waals surface area (Å²) in [5.74, 6) is -0.302. The summed E-state index contributed by atoms with van der Waals surface area (Å²) in [7, 11) is 0. The monoisotopic (exact) mass is 245 g/mol. The van der Waals surface area contributed by atoms with E-state index < -0.39 is 5.97 Å². The Balaban J connectivity index is 1.95. The van der Waals surface area contributed by atoms with Gasteiger partial charge in [0.25, 0.3) is 0 Å². The van der Waals surface area contributed by atoms with Crippen LogP contribution in [0.5, 0.6) is 0 Å². The lowest BCUT2D eigenvalue weighted by atomic mass is 10.0. The van der Waals surface area contributed by atoms with Gasteiger partial charge >= 0.3 is 5.97 Å². The van der Waals surface area contributed by atoms with Crippen molar-refractivity contribution in [3.8, 4) is 6.07 Å². The number of rotatable bonds is 4. The van der Waals surface area contributed by atoms with Gasteiger partial charge in [0.2, 0.25) is 0 Å². The van der Waals surface area contributed by atoms with Gasteiger partial charge in [-0.2, -0.15) is 5.26 Å². The summed E-state index contributed by atoms with van der Waals surface area (Å²) in [6, 6.07) is 5.69. The van der Waals surface area contributed by atoms with E-state index in [0.29, 0.717) is 11.6 Å². The second-order valence-electron chi connectivity index (χ2n) is 4.54. The van der Waals surface area contributed by atoms with Gasteiger partial charge in [-0.05, 0) is 30.9 Å².